The number of aryl methyl sites for hydroxylation is 2. The smallest absolute Gasteiger partial charge is 0.297 e. The Morgan fingerprint density at radius 1 is 1.45 bits per heavy atom. The molecule has 0 aliphatic heterocycles. The summed E-state index contributed by atoms with van der Waals surface area (Å²) in [6.45, 7) is 9.99. The topological polar surface area (TPSA) is 60.9 Å². The zero-order valence-corrected chi connectivity index (χ0v) is 11.7. The lowest BCUT2D eigenvalue weighted by Crippen LogP contribution is -2.20. The summed E-state index contributed by atoms with van der Waals surface area (Å²) in [5, 5.41) is 0.780. The number of nitrogens with zero attached hydrogens (tertiary/aromatic N) is 3. The maximum Gasteiger partial charge on any atom is 0.297 e. The molecule has 3 aromatic rings. The van der Waals surface area contributed by atoms with Gasteiger partial charge in [0.1, 0.15) is 5.52 Å². The second-order valence-electron chi connectivity index (χ2n) is 5.16. The summed E-state index contributed by atoms with van der Waals surface area (Å²) in [4.78, 5) is 21.1. The first-order valence-corrected chi connectivity index (χ1v) is 6.37. The number of furan rings is 1. The normalized spacial score (nSPS) is 11.3. The standard InChI is InChI=1S/C15H15N3O2/c1-8(2)6-18-7-16-12-11-5-9(3)10(4)17-14(11)20-13(12)15(18)19/h5,7H,1,6H2,2-4H3. The van der Waals surface area contributed by atoms with E-state index in [1.165, 1.54) is 10.9 Å². The van der Waals surface area contributed by atoms with Crippen LogP contribution >= 0.6 is 0 Å². The van der Waals surface area contributed by atoms with Crippen molar-refractivity contribution < 1.29 is 4.42 Å². The van der Waals surface area contributed by atoms with Crippen LogP contribution in [0.2, 0.25) is 0 Å². The zero-order valence-electron chi connectivity index (χ0n) is 11.7. The third kappa shape index (κ3) is 1.82. The molecule has 0 bridgehead atoms. The SMILES string of the molecule is C=C(C)Cn1cnc2c(oc3nc(C)c(C)cc32)c1=O. The van der Waals surface area contributed by atoms with Crippen LogP contribution in [-0.4, -0.2) is 14.5 Å². The van der Waals surface area contributed by atoms with Gasteiger partial charge in [0, 0.05) is 12.2 Å². The van der Waals surface area contributed by atoms with Gasteiger partial charge in [-0.15, -0.1) is 0 Å². The number of pyridine rings is 1. The van der Waals surface area contributed by atoms with Crippen LogP contribution in [0.1, 0.15) is 18.2 Å². The molecule has 5 nitrogen and oxygen atoms in total. The van der Waals surface area contributed by atoms with Crippen molar-refractivity contribution in [3.05, 3.63) is 46.2 Å². The quantitative estimate of drug-likeness (QED) is 0.671. The second-order valence-corrected chi connectivity index (χ2v) is 5.16. The van der Waals surface area contributed by atoms with Gasteiger partial charge in [0.2, 0.25) is 11.3 Å². The molecule has 0 radical (unpaired) electrons. The van der Waals surface area contributed by atoms with E-state index in [-0.39, 0.29) is 11.1 Å². The molecule has 0 unspecified atom stereocenters. The molecule has 0 spiro atoms. The molecule has 5 heteroatoms. The van der Waals surface area contributed by atoms with Crippen molar-refractivity contribution in [1.29, 1.82) is 0 Å². The van der Waals surface area contributed by atoms with Crippen molar-refractivity contribution in [2.75, 3.05) is 0 Å². The zero-order chi connectivity index (χ0) is 14.4. The molecule has 3 heterocycles. The number of fused-ring (bicyclic) bond motifs is 3. The molecule has 0 aliphatic rings. The summed E-state index contributed by atoms with van der Waals surface area (Å²) in [5.41, 5.74) is 3.90. The number of aromatic nitrogens is 3. The summed E-state index contributed by atoms with van der Waals surface area (Å²) >= 11 is 0. The van der Waals surface area contributed by atoms with Crippen molar-refractivity contribution in [2.24, 2.45) is 0 Å². The molecule has 0 fully saturated rings. The Labute approximate surface area is 115 Å². The lowest BCUT2D eigenvalue weighted by Gasteiger charge is -2.02. The maximum absolute atomic E-state index is 12.4. The molecule has 20 heavy (non-hydrogen) atoms. The summed E-state index contributed by atoms with van der Waals surface area (Å²) in [5.74, 6) is 0. The van der Waals surface area contributed by atoms with Gasteiger partial charge in [-0.3, -0.25) is 9.36 Å². The highest BCUT2D eigenvalue weighted by Gasteiger charge is 2.15. The van der Waals surface area contributed by atoms with Crippen LogP contribution in [0.3, 0.4) is 0 Å². The molecule has 3 aromatic heterocycles. The van der Waals surface area contributed by atoms with Gasteiger partial charge in [0.15, 0.2) is 0 Å². The fourth-order valence-electron chi connectivity index (χ4n) is 2.19. The third-order valence-electron chi connectivity index (χ3n) is 3.32. The lowest BCUT2D eigenvalue weighted by molar-refractivity contribution is 0.629. The molecule has 3 rings (SSSR count). The summed E-state index contributed by atoms with van der Waals surface area (Å²) < 4.78 is 7.10. The molecule has 0 atom stereocenters. The fourth-order valence-corrected chi connectivity index (χ4v) is 2.19. The number of hydrogen-bond acceptors (Lipinski definition) is 4. The minimum Gasteiger partial charge on any atom is -0.430 e. The average Bonchev–Trinajstić information content (AvgIpc) is 2.72. The van der Waals surface area contributed by atoms with E-state index in [0.29, 0.717) is 17.8 Å². The molecule has 0 aliphatic carbocycles. The Morgan fingerprint density at radius 3 is 2.90 bits per heavy atom. The molecule has 0 saturated heterocycles. The maximum atomic E-state index is 12.4. The van der Waals surface area contributed by atoms with Crippen molar-refractivity contribution in [3.8, 4) is 0 Å². The third-order valence-corrected chi connectivity index (χ3v) is 3.32. The van der Waals surface area contributed by atoms with Crippen molar-refractivity contribution in [1.82, 2.24) is 14.5 Å². The van der Waals surface area contributed by atoms with E-state index < -0.39 is 0 Å². The first kappa shape index (κ1) is 12.6. The Morgan fingerprint density at radius 2 is 2.20 bits per heavy atom. The van der Waals surface area contributed by atoms with Gasteiger partial charge in [-0.05, 0) is 32.4 Å². The molecule has 102 valence electrons. The van der Waals surface area contributed by atoms with Gasteiger partial charge in [0.05, 0.1) is 11.7 Å². The minimum absolute atomic E-state index is 0.202. The fraction of sp³-hybridized carbons (Fsp3) is 0.267. The minimum atomic E-state index is -0.202. The first-order valence-electron chi connectivity index (χ1n) is 6.37. The summed E-state index contributed by atoms with van der Waals surface area (Å²) in [6, 6.07) is 1.96. The molecule has 0 N–H and O–H groups in total. The summed E-state index contributed by atoms with van der Waals surface area (Å²) in [6.07, 6.45) is 1.53. The van der Waals surface area contributed by atoms with Crippen LogP contribution in [0.5, 0.6) is 0 Å². The van der Waals surface area contributed by atoms with E-state index in [0.717, 1.165) is 22.2 Å². The van der Waals surface area contributed by atoms with Crippen LogP contribution < -0.4 is 5.56 Å². The monoisotopic (exact) mass is 269 g/mol. The molecular formula is C15H15N3O2. The van der Waals surface area contributed by atoms with E-state index in [2.05, 4.69) is 16.5 Å². The van der Waals surface area contributed by atoms with Gasteiger partial charge < -0.3 is 4.42 Å². The molecule has 0 aromatic carbocycles. The highest BCUT2D eigenvalue weighted by molar-refractivity contribution is 6.00. The highest BCUT2D eigenvalue weighted by Crippen LogP contribution is 2.25. The highest BCUT2D eigenvalue weighted by atomic mass is 16.3. The Hall–Kier alpha value is -2.43. The van der Waals surface area contributed by atoms with E-state index in [4.69, 9.17) is 4.42 Å². The van der Waals surface area contributed by atoms with Crippen LogP contribution in [0.4, 0.5) is 0 Å². The number of hydrogen-bond donors (Lipinski definition) is 0. The first-order chi connectivity index (χ1) is 9.47. The van der Waals surface area contributed by atoms with E-state index in [1.807, 2.05) is 26.8 Å². The van der Waals surface area contributed by atoms with E-state index in [1.54, 1.807) is 0 Å². The Bertz CT molecular complexity index is 903. The van der Waals surface area contributed by atoms with Gasteiger partial charge in [-0.1, -0.05) is 12.2 Å². The average molecular weight is 269 g/mol. The van der Waals surface area contributed by atoms with Gasteiger partial charge in [0.25, 0.3) is 5.56 Å². The molecular weight excluding hydrogens is 254 g/mol. The Balaban J connectivity index is 2.36. The molecule has 0 saturated carbocycles. The van der Waals surface area contributed by atoms with Crippen LogP contribution in [0.15, 0.2) is 33.8 Å². The van der Waals surface area contributed by atoms with Gasteiger partial charge >= 0.3 is 0 Å². The lowest BCUT2D eigenvalue weighted by atomic mass is 10.2. The predicted molar refractivity (Wildman–Crippen MR) is 77.9 cm³/mol. The van der Waals surface area contributed by atoms with Crippen LogP contribution in [0.25, 0.3) is 22.2 Å². The van der Waals surface area contributed by atoms with Crippen LogP contribution in [-0.2, 0) is 6.54 Å². The predicted octanol–water partition coefficient (Wildman–Crippen LogP) is 2.73. The van der Waals surface area contributed by atoms with E-state index in [9.17, 15) is 4.79 Å². The Kier molecular flexibility index (Phi) is 2.71. The van der Waals surface area contributed by atoms with Gasteiger partial charge in [-0.25, -0.2) is 9.97 Å². The van der Waals surface area contributed by atoms with Crippen molar-refractivity contribution in [2.45, 2.75) is 27.3 Å². The van der Waals surface area contributed by atoms with Gasteiger partial charge in [-0.2, -0.15) is 0 Å². The number of rotatable bonds is 2. The van der Waals surface area contributed by atoms with Crippen molar-refractivity contribution in [3.63, 3.8) is 0 Å². The number of allylic oxidation sites excluding steroid dienone is 1. The second kappa shape index (κ2) is 4.30. The largest absolute Gasteiger partial charge is 0.430 e. The van der Waals surface area contributed by atoms with Crippen LogP contribution in [0, 0.1) is 13.8 Å². The van der Waals surface area contributed by atoms with Crippen molar-refractivity contribution >= 4 is 22.2 Å². The summed E-state index contributed by atoms with van der Waals surface area (Å²) in [7, 11) is 0. The molecule has 0 amide bonds. The van der Waals surface area contributed by atoms with E-state index >= 15 is 0 Å².